The largest absolute Gasteiger partial charge is 0.494 e. The molecule has 6 saturated heterocycles. The Morgan fingerprint density at radius 2 is 0.930 bits per heavy atom. The van der Waals surface area contributed by atoms with E-state index >= 15 is 0 Å². The number of anilines is 2. The molecule has 57 heavy (non-hydrogen) atoms. The van der Waals surface area contributed by atoms with E-state index in [1.54, 1.807) is 0 Å². The van der Waals surface area contributed by atoms with Crippen LogP contribution >= 0.6 is 24.8 Å². The van der Waals surface area contributed by atoms with Crippen molar-refractivity contribution in [1.82, 2.24) is 10.2 Å². The summed E-state index contributed by atoms with van der Waals surface area (Å²) < 4.78 is 30.1. The van der Waals surface area contributed by atoms with Crippen molar-refractivity contribution in [2.45, 2.75) is 130 Å². The molecule has 6 aliphatic heterocycles. The topological polar surface area (TPSA) is 85.0 Å². The average molecular weight is 830 g/mol. The van der Waals surface area contributed by atoms with E-state index in [0.29, 0.717) is 5.41 Å². The van der Waals surface area contributed by atoms with Crippen LogP contribution in [0.15, 0.2) is 48.5 Å². The number of ether oxygens (including phenoxy) is 1. The van der Waals surface area contributed by atoms with Crippen LogP contribution in [-0.2, 0) is 23.4 Å². The fraction of sp³-hybridized carbons (Fsp3) is 0.698. The van der Waals surface area contributed by atoms with Gasteiger partial charge in [0, 0.05) is 69.1 Å². The van der Waals surface area contributed by atoms with Gasteiger partial charge in [-0.25, -0.2) is 4.79 Å². The van der Waals surface area contributed by atoms with E-state index < -0.39 is 5.60 Å². The number of hydrogen-bond acceptors (Lipinski definition) is 9. The number of halogens is 2. The third-order valence-corrected chi connectivity index (χ3v) is 13.9. The van der Waals surface area contributed by atoms with Crippen molar-refractivity contribution in [1.29, 1.82) is 0 Å². The van der Waals surface area contributed by atoms with E-state index in [9.17, 15) is 4.79 Å². The Morgan fingerprint density at radius 3 is 1.23 bits per heavy atom. The molecule has 14 heteroatoms. The number of nitrogens with zero attached hydrogens (tertiary/aromatic N) is 3. The molecule has 0 saturated carbocycles. The molecule has 6 aliphatic rings. The summed E-state index contributed by atoms with van der Waals surface area (Å²) in [5.41, 5.74) is 3.92. The number of amides is 1. The second-order valence-electron chi connectivity index (χ2n) is 20.3. The summed E-state index contributed by atoms with van der Waals surface area (Å²) in [5, 5.41) is 3.43. The molecule has 1 amide bonds. The molecule has 0 aliphatic carbocycles. The quantitative estimate of drug-likeness (QED) is 0.333. The van der Waals surface area contributed by atoms with Gasteiger partial charge in [0.05, 0.1) is 22.4 Å². The summed E-state index contributed by atoms with van der Waals surface area (Å²) in [7, 11) is -0.591. The van der Waals surface area contributed by atoms with Gasteiger partial charge in [0.25, 0.3) is 0 Å². The highest BCUT2D eigenvalue weighted by atomic mass is 35.5. The number of benzene rings is 2. The molecule has 6 heterocycles. The number of rotatable bonds is 4. The van der Waals surface area contributed by atoms with Crippen molar-refractivity contribution in [2.24, 2.45) is 10.8 Å². The van der Waals surface area contributed by atoms with E-state index in [-0.39, 0.29) is 73.0 Å². The molecule has 6 fully saturated rings. The van der Waals surface area contributed by atoms with Gasteiger partial charge in [-0.15, -0.1) is 24.8 Å². The van der Waals surface area contributed by atoms with Gasteiger partial charge in [-0.3, -0.25) is 0 Å². The van der Waals surface area contributed by atoms with Crippen LogP contribution in [0.2, 0.25) is 0 Å². The molecule has 316 valence electrons. The van der Waals surface area contributed by atoms with Gasteiger partial charge in [-0.2, -0.15) is 0 Å². The van der Waals surface area contributed by atoms with Gasteiger partial charge < -0.3 is 43.4 Å². The van der Waals surface area contributed by atoms with Crippen LogP contribution < -0.4 is 26.0 Å². The molecule has 0 unspecified atom stereocenters. The average Bonchev–Trinajstić information content (AvgIpc) is 3.45. The van der Waals surface area contributed by atoms with Gasteiger partial charge in [0.1, 0.15) is 5.60 Å². The number of carbonyl (C=O) groups is 1. The van der Waals surface area contributed by atoms with Gasteiger partial charge in [-0.05, 0) is 142 Å². The molecule has 2 aromatic carbocycles. The highest BCUT2D eigenvalue weighted by Gasteiger charge is 2.53. The smallest absolute Gasteiger partial charge is 0.444 e. The lowest BCUT2D eigenvalue weighted by Gasteiger charge is -2.54. The summed E-state index contributed by atoms with van der Waals surface area (Å²) >= 11 is 0. The van der Waals surface area contributed by atoms with Crippen molar-refractivity contribution in [3.05, 3.63) is 48.5 Å². The van der Waals surface area contributed by atoms with E-state index in [1.807, 2.05) is 25.7 Å². The zero-order valence-corrected chi connectivity index (χ0v) is 38.0. The maximum absolute atomic E-state index is 12.2. The van der Waals surface area contributed by atoms with Crippen LogP contribution in [0.5, 0.6) is 0 Å². The number of likely N-dealkylation sites (tertiary alicyclic amines) is 1. The highest BCUT2D eigenvalue weighted by Crippen LogP contribution is 2.43. The predicted octanol–water partition coefficient (Wildman–Crippen LogP) is 6.84. The minimum atomic E-state index is -0.435. The minimum absolute atomic E-state index is 0. The van der Waals surface area contributed by atoms with E-state index in [4.69, 9.17) is 23.4 Å². The van der Waals surface area contributed by atoms with Crippen molar-refractivity contribution >= 4 is 67.4 Å². The van der Waals surface area contributed by atoms with Crippen LogP contribution in [0.3, 0.4) is 0 Å². The van der Waals surface area contributed by atoms with Gasteiger partial charge in [0.15, 0.2) is 0 Å². The second kappa shape index (κ2) is 16.4. The molecule has 8 rings (SSSR count). The van der Waals surface area contributed by atoms with Crippen LogP contribution in [0.1, 0.15) is 102 Å². The molecular weight excluding hydrogens is 761 g/mol. The van der Waals surface area contributed by atoms with Gasteiger partial charge in [0.2, 0.25) is 0 Å². The molecule has 0 atom stereocenters. The molecule has 2 aromatic rings. The van der Waals surface area contributed by atoms with E-state index in [0.717, 1.165) is 63.0 Å². The first kappa shape index (κ1) is 45.9. The standard InChI is InChI=1S/C24H37BN2O4.C19H29BN2O2.2ClH/c1-21(2,3)29-20(28)27-16-24(17-27)12-14-26(15-13-24)19-10-8-18(9-11-19)25-30-22(4,5)23(6,7)31-25;1-17(2)18(3,4)24-20(23-17)15-5-7-16(8-6-15)22-11-9-19(10-12-22)13-21-14-19;;/h8-11H,12-17H2,1-7H3;5-8,21H,9-14H2,1-4H3;2*1H. The number of nitrogens with one attached hydrogen (secondary N) is 1. The Kier molecular flexibility index (Phi) is 13.2. The Hall–Kier alpha value is -2.18. The summed E-state index contributed by atoms with van der Waals surface area (Å²) in [6, 6.07) is 17.3. The fourth-order valence-corrected chi connectivity index (χ4v) is 8.49. The van der Waals surface area contributed by atoms with Gasteiger partial charge in [-0.1, -0.05) is 24.3 Å². The third-order valence-electron chi connectivity index (χ3n) is 13.9. The summed E-state index contributed by atoms with van der Waals surface area (Å²) in [6.07, 6.45) is 4.63. The summed E-state index contributed by atoms with van der Waals surface area (Å²) in [5.74, 6) is 0. The number of carbonyl (C=O) groups excluding carboxylic acids is 1. The Morgan fingerprint density at radius 1 is 0.596 bits per heavy atom. The predicted molar refractivity (Wildman–Crippen MR) is 237 cm³/mol. The van der Waals surface area contributed by atoms with Crippen LogP contribution in [0, 0.1) is 10.8 Å². The van der Waals surface area contributed by atoms with Crippen molar-refractivity contribution in [3.8, 4) is 0 Å². The monoisotopic (exact) mass is 828 g/mol. The maximum atomic E-state index is 12.2. The normalized spacial score (nSPS) is 24.7. The molecule has 10 nitrogen and oxygen atoms in total. The number of piperidine rings is 2. The zero-order chi connectivity index (χ0) is 39.7. The van der Waals surface area contributed by atoms with E-state index in [2.05, 4.69) is 119 Å². The molecule has 0 bridgehead atoms. The first-order chi connectivity index (χ1) is 25.6. The highest BCUT2D eigenvalue weighted by molar-refractivity contribution is 6.62. The lowest BCUT2D eigenvalue weighted by molar-refractivity contribution is -0.0434. The van der Waals surface area contributed by atoms with Gasteiger partial charge >= 0.3 is 20.3 Å². The Bertz CT molecular complexity index is 1640. The molecule has 2 spiro atoms. The first-order valence-electron chi connectivity index (χ1n) is 20.7. The molecule has 0 radical (unpaired) electrons. The Balaban J connectivity index is 0.000000216. The zero-order valence-electron chi connectivity index (χ0n) is 36.4. The minimum Gasteiger partial charge on any atom is -0.444 e. The van der Waals surface area contributed by atoms with Crippen LogP contribution in [-0.4, -0.2) is 106 Å². The van der Waals surface area contributed by atoms with Crippen LogP contribution in [0.25, 0.3) is 0 Å². The van der Waals surface area contributed by atoms with Crippen molar-refractivity contribution in [3.63, 3.8) is 0 Å². The second-order valence-corrected chi connectivity index (χ2v) is 20.3. The Labute approximate surface area is 355 Å². The molecule has 0 aromatic heterocycles. The maximum Gasteiger partial charge on any atom is 0.494 e. The summed E-state index contributed by atoms with van der Waals surface area (Å²) in [6.45, 7) is 30.8. The van der Waals surface area contributed by atoms with Crippen molar-refractivity contribution < 1.29 is 28.1 Å². The van der Waals surface area contributed by atoms with E-state index in [1.165, 1.54) is 37.3 Å². The lowest BCUT2D eigenvalue weighted by Crippen LogP contribution is -2.62. The SMILES string of the molecule is CC(C)(C)OC(=O)N1CC2(CCN(c3ccc(B4OC(C)(C)C(C)(C)O4)cc3)CC2)C1.CC1(C)OB(c2ccc(N3CCC4(CC3)CNC4)cc2)OC1(C)C.Cl.Cl. The van der Waals surface area contributed by atoms with Crippen LogP contribution in [0.4, 0.5) is 16.2 Å². The lowest BCUT2D eigenvalue weighted by atomic mass is 9.72. The van der Waals surface area contributed by atoms with Crippen molar-refractivity contribution in [2.75, 3.05) is 62.2 Å². The number of hydrogen-bond donors (Lipinski definition) is 1. The fourth-order valence-electron chi connectivity index (χ4n) is 8.49. The summed E-state index contributed by atoms with van der Waals surface area (Å²) in [4.78, 5) is 19.0. The third kappa shape index (κ3) is 9.58. The molecular formula is C43H68B2Cl2N4O6. The first-order valence-corrected chi connectivity index (χ1v) is 20.7. The molecule has 1 N–H and O–H groups in total.